The lowest BCUT2D eigenvalue weighted by Gasteiger charge is -2.23. The molecule has 0 atom stereocenters. The fraction of sp³-hybridized carbons (Fsp3) is 0.200. The Bertz CT molecular complexity index is 900. The number of nitrogens with zero attached hydrogens (tertiary/aromatic N) is 2. The van der Waals surface area contributed by atoms with Gasteiger partial charge in [-0.2, -0.15) is 0 Å². The Morgan fingerprint density at radius 2 is 1.92 bits per heavy atom. The van der Waals surface area contributed by atoms with E-state index in [0.29, 0.717) is 17.7 Å². The average molecular weight is 320 g/mol. The molecule has 1 aliphatic rings. The summed E-state index contributed by atoms with van der Waals surface area (Å²) in [6.07, 6.45) is 3.67. The summed E-state index contributed by atoms with van der Waals surface area (Å²) in [6, 6.07) is 16.1. The molecular formula is C20H17FN2O. The van der Waals surface area contributed by atoms with E-state index in [0.717, 1.165) is 23.7 Å². The first kappa shape index (κ1) is 14.8. The number of benzene rings is 2. The highest BCUT2D eigenvalue weighted by Gasteiger charge is 2.34. The molecule has 4 heteroatoms. The molecule has 1 aromatic heterocycles. The van der Waals surface area contributed by atoms with Gasteiger partial charge in [0.1, 0.15) is 5.82 Å². The second-order valence-electron chi connectivity index (χ2n) is 6.13. The number of amides is 1. The quantitative estimate of drug-likeness (QED) is 0.722. The van der Waals surface area contributed by atoms with Gasteiger partial charge < -0.3 is 4.90 Å². The lowest BCUT2D eigenvalue weighted by atomic mass is 10.1. The topological polar surface area (TPSA) is 33.2 Å². The second kappa shape index (κ2) is 6.04. The van der Waals surface area contributed by atoms with E-state index in [9.17, 15) is 9.18 Å². The minimum Gasteiger partial charge on any atom is -0.331 e. The molecule has 0 unspecified atom stereocenters. The fourth-order valence-corrected chi connectivity index (χ4v) is 3.01. The van der Waals surface area contributed by atoms with Crippen molar-refractivity contribution in [1.29, 1.82) is 0 Å². The van der Waals surface area contributed by atoms with Crippen LogP contribution in [0.4, 0.5) is 4.39 Å². The Morgan fingerprint density at radius 3 is 2.71 bits per heavy atom. The minimum absolute atomic E-state index is 0.0562. The molecule has 4 rings (SSSR count). The van der Waals surface area contributed by atoms with Crippen LogP contribution in [0.3, 0.4) is 0 Å². The zero-order valence-corrected chi connectivity index (χ0v) is 13.2. The largest absolute Gasteiger partial charge is 0.331 e. The molecule has 0 bridgehead atoms. The molecular weight excluding hydrogens is 303 g/mol. The van der Waals surface area contributed by atoms with Gasteiger partial charge in [-0.25, -0.2) is 4.39 Å². The molecule has 24 heavy (non-hydrogen) atoms. The number of halogens is 1. The maximum absolute atomic E-state index is 14.0. The Morgan fingerprint density at radius 1 is 1.08 bits per heavy atom. The summed E-state index contributed by atoms with van der Waals surface area (Å²) in [4.78, 5) is 19.2. The number of carbonyl (C=O) groups is 1. The molecule has 120 valence electrons. The molecule has 0 aliphatic heterocycles. The van der Waals surface area contributed by atoms with E-state index in [-0.39, 0.29) is 17.8 Å². The predicted octanol–water partition coefficient (Wildman–Crippen LogP) is 4.18. The van der Waals surface area contributed by atoms with Crippen molar-refractivity contribution in [2.45, 2.75) is 25.4 Å². The number of fused-ring (bicyclic) bond motifs is 1. The van der Waals surface area contributed by atoms with E-state index in [2.05, 4.69) is 4.98 Å². The van der Waals surface area contributed by atoms with E-state index in [1.165, 1.54) is 6.07 Å². The second-order valence-corrected chi connectivity index (χ2v) is 6.13. The van der Waals surface area contributed by atoms with Gasteiger partial charge in [0, 0.05) is 35.3 Å². The molecule has 3 aromatic rings. The van der Waals surface area contributed by atoms with Crippen LogP contribution in [0, 0.1) is 5.82 Å². The van der Waals surface area contributed by atoms with Gasteiger partial charge >= 0.3 is 0 Å². The van der Waals surface area contributed by atoms with Crippen LogP contribution in [-0.2, 0) is 6.54 Å². The lowest BCUT2D eigenvalue weighted by Crippen LogP contribution is -2.33. The summed E-state index contributed by atoms with van der Waals surface area (Å²) in [5.41, 5.74) is 1.98. The third-order valence-corrected chi connectivity index (χ3v) is 4.42. The molecule has 3 nitrogen and oxygen atoms in total. The molecule has 2 aromatic carbocycles. The summed E-state index contributed by atoms with van der Waals surface area (Å²) in [5.74, 6) is -0.324. The summed E-state index contributed by atoms with van der Waals surface area (Å²) in [6.45, 7) is 0.298. The van der Waals surface area contributed by atoms with Gasteiger partial charge in [-0.3, -0.25) is 9.78 Å². The predicted molar refractivity (Wildman–Crippen MR) is 91.0 cm³/mol. The van der Waals surface area contributed by atoms with Crippen molar-refractivity contribution in [2.75, 3.05) is 0 Å². The van der Waals surface area contributed by atoms with E-state index in [4.69, 9.17) is 0 Å². The van der Waals surface area contributed by atoms with E-state index >= 15 is 0 Å². The van der Waals surface area contributed by atoms with Crippen molar-refractivity contribution in [3.05, 3.63) is 77.7 Å². The van der Waals surface area contributed by atoms with Gasteiger partial charge in [0.15, 0.2) is 0 Å². The smallest absolute Gasteiger partial charge is 0.255 e. The molecule has 0 radical (unpaired) electrons. The zero-order valence-electron chi connectivity index (χ0n) is 13.2. The third-order valence-electron chi connectivity index (χ3n) is 4.42. The first-order valence-corrected chi connectivity index (χ1v) is 8.12. The first-order chi connectivity index (χ1) is 11.7. The summed E-state index contributed by atoms with van der Waals surface area (Å²) in [5, 5.41) is 0.837. The molecule has 1 aliphatic carbocycles. The van der Waals surface area contributed by atoms with Crippen LogP contribution in [0.2, 0.25) is 0 Å². The Balaban J connectivity index is 1.71. The Labute approximate surface area is 139 Å². The number of rotatable bonds is 4. The summed E-state index contributed by atoms with van der Waals surface area (Å²) in [7, 11) is 0. The molecule has 1 amide bonds. The number of hydrogen-bond acceptors (Lipinski definition) is 2. The number of carbonyl (C=O) groups excluding carboxylic acids is 1. The maximum atomic E-state index is 14.0. The van der Waals surface area contributed by atoms with E-state index in [1.807, 2.05) is 30.3 Å². The van der Waals surface area contributed by atoms with Crippen LogP contribution >= 0.6 is 0 Å². The number of aromatic nitrogens is 1. The number of pyridine rings is 1. The highest BCUT2D eigenvalue weighted by molar-refractivity contribution is 6.06. The SMILES string of the molecule is O=C(c1cccc2ncccc12)N(Cc1ccccc1F)C1CC1. The van der Waals surface area contributed by atoms with Crippen molar-refractivity contribution in [2.24, 2.45) is 0 Å². The molecule has 0 spiro atoms. The highest BCUT2D eigenvalue weighted by atomic mass is 19.1. The average Bonchev–Trinajstić information content (AvgIpc) is 3.45. The van der Waals surface area contributed by atoms with E-state index < -0.39 is 0 Å². The fourth-order valence-electron chi connectivity index (χ4n) is 3.01. The van der Waals surface area contributed by atoms with Crippen LogP contribution in [0.15, 0.2) is 60.8 Å². The van der Waals surface area contributed by atoms with Crippen molar-refractivity contribution in [3.8, 4) is 0 Å². The molecule has 1 saturated carbocycles. The maximum Gasteiger partial charge on any atom is 0.255 e. The van der Waals surface area contributed by atoms with E-state index in [1.54, 1.807) is 29.3 Å². The van der Waals surface area contributed by atoms with Gasteiger partial charge in [0.05, 0.1) is 5.52 Å². The monoisotopic (exact) mass is 320 g/mol. The standard InChI is InChI=1S/C20H17FN2O/c21-18-8-2-1-5-14(18)13-23(15-10-11-15)20(24)17-6-3-9-19-16(17)7-4-12-22-19/h1-9,12,15H,10-11,13H2. The minimum atomic E-state index is -0.268. The zero-order chi connectivity index (χ0) is 16.5. The van der Waals surface area contributed by atoms with Gasteiger partial charge in [-0.05, 0) is 37.1 Å². The molecule has 1 fully saturated rings. The third kappa shape index (κ3) is 2.75. The van der Waals surface area contributed by atoms with Gasteiger partial charge in [0.25, 0.3) is 5.91 Å². The van der Waals surface area contributed by atoms with Gasteiger partial charge in [-0.1, -0.05) is 30.3 Å². The normalized spacial score (nSPS) is 13.9. The van der Waals surface area contributed by atoms with Crippen molar-refractivity contribution in [3.63, 3.8) is 0 Å². The molecule has 0 N–H and O–H groups in total. The van der Waals surface area contributed by atoms with Crippen LogP contribution in [0.5, 0.6) is 0 Å². The van der Waals surface area contributed by atoms with Crippen molar-refractivity contribution in [1.82, 2.24) is 9.88 Å². The summed E-state index contributed by atoms with van der Waals surface area (Å²) < 4.78 is 14.0. The van der Waals surface area contributed by atoms with Crippen molar-refractivity contribution >= 4 is 16.8 Å². The molecule has 0 saturated heterocycles. The van der Waals surface area contributed by atoms with Crippen LogP contribution in [0.1, 0.15) is 28.8 Å². The molecule has 1 heterocycles. The van der Waals surface area contributed by atoms with Crippen LogP contribution in [0.25, 0.3) is 10.9 Å². The Hall–Kier alpha value is -2.75. The summed E-state index contributed by atoms with van der Waals surface area (Å²) >= 11 is 0. The van der Waals surface area contributed by atoms with Gasteiger partial charge in [-0.15, -0.1) is 0 Å². The van der Waals surface area contributed by atoms with Gasteiger partial charge in [0.2, 0.25) is 0 Å². The van der Waals surface area contributed by atoms with Crippen molar-refractivity contribution < 1.29 is 9.18 Å². The lowest BCUT2D eigenvalue weighted by molar-refractivity contribution is 0.0730. The van der Waals surface area contributed by atoms with Crippen LogP contribution in [-0.4, -0.2) is 21.8 Å². The first-order valence-electron chi connectivity index (χ1n) is 8.12. The van der Waals surface area contributed by atoms with Crippen LogP contribution < -0.4 is 0 Å². The number of hydrogen-bond donors (Lipinski definition) is 0. The highest BCUT2D eigenvalue weighted by Crippen LogP contribution is 2.31. The Kier molecular flexibility index (Phi) is 3.73.